The number of hydrogen-bond donors (Lipinski definition) is 1. The van der Waals surface area contributed by atoms with Crippen molar-refractivity contribution < 1.29 is 9.47 Å². The van der Waals surface area contributed by atoms with Crippen LogP contribution in [0.1, 0.15) is 16.7 Å². The van der Waals surface area contributed by atoms with Crippen LogP contribution in [-0.4, -0.2) is 7.11 Å². The lowest BCUT2D eigenvalue weighted by molar-refractivity contribution is 0.281. The molecule has 0 unspecified atom stereocenters. The summed E-state index contributed by atoms with van der Waals surface area (Å²) in [5.74, 6) is 1.54. The van der Waals surface area contributed by atoms with E-state index < -0.39 is 0 Å². The predicted molar refractivity (Wildman–Crippen MR) is 102 cm³/mol. The highest BCUT2D eigenvalue weighted by molar-refractivity contribution is 5.50. The summed E-state index contributed by atoms with van der Waals surface area (Å²) in [6.45, 7) is 3.29. The molecule has 25 heavy (non-hydrogen) atoms. The molecule has 0 fully saturated rings. The van der Waals surface area contributed by atoms with E-state index in [0.717, 1.165) is 22.7 Å². The molecule has 0 aromatic heterocycles. The molecule has 0 saturated heterocycles. The summed E-state index contributed by atoms with van der Waals surface area (Å²) in [6.07, 6.45) is 0. The first-order valence-electron chi connectivity index (χ1n) is 8.40. The van der Waals surface area contributed by atoms with Crippen LogP contribution in [-0.2, 0) is 13.2 Å². The van der Waals surface area contributed by atoms with Gasteiger partial charge in [0.2, 0.25) is 0 Å². The van der Waals surface area contributed by atoms with Gasteiger partial charge in [-0.2, -0.15) is 0 Å². The highest BCUT2D eigenvalue weighted by Gasteiger charge is 2.11. The highest BCUT2D eigenvalue weighted by Crippen LogP contribution is 2.32. The molecule has 0 spiro atoms. The molecular weight excluding hydrogens is 310 g/mol. The third kappa shape index (κ3) is 4.32. The van der Waals surface area contributed by atoms with E-state index in [1.165, 1.54) is 11.1 Å². The van der Waals surface area contributed by atoms with Crippen molar-refractivity contribution >= 4 is 5.69 Å². The molecule has 3 heteroatoms. The summed E-state index contributed by atoms with van der Waals surface area (Å²) in [5, 5.41) is 3.43. The minimum atomic E-state index is 0.519. The zero-order valence-electron chi connectivity index (χ0n) is 14.7. The fourth-order valence-electron chi connectivity index (χ4n) is 2.70. The van der Waals surface area contributed by atoms with Crippen molar-refractivity contribution in [3.63, 3.8) is 0 Å². The van der Waals surface area contributed by atoms with Crippen LogP contribution in [0.3, 0.4) is 0 Å². The molecule has 0 aliphatic heterocycles. The van der Waals surface area contributed by atoms with E-state index >= 15 is 0 Å². The van der Waals surface area contributed by atoms with E-state index in [0.29, 0.717) is 13.2 Å². The van der Waals surface area contributed by atoms with E-state index in [9.17, 15) is 0 Å². The summed E-state index contributed by atoms with van der Waals surface area (Å²) >= 11 is 0. The molecule has 3 aromatic carbocycles. The SMILES string of the molecule is COc1cccc(CNc2ccccc2)c1OCc1ccccc1C. The molecule has 0 heterocycles. The topological polar surface area (TPSA) is 30.5 Å². The Morgan fingerprint density at radius 3 is 2.28 bits per heavy atom. The van der Waals surface area contributed by atoms with E-state index in [2.05, 4.69) is 30.4 Å². The summed E-state index contributed by atoms with van der Waals surface area (Å²) in [4.78, 5) is 0. The first kappa shape index (κ1) is 16.9. The first-order valence-corrected chi connectivity index (χ1v) is 8.40. The van der Waals surface area contributed by atoms with Crippen molar-refractivity contribution in [2.75, 3.05) is 12.4 Å². The van der Waals surface area contributed by atoms with Crippen LogP contribution < -0.4 is 14.8 Å². The molecule has 3 rings (SSSR count). The van der Waals surface area contributed by atoms with Crippen LogP contribution in [0.15, 0.2) is 72.8 Å². The quantitative estimate of drug-likeness (QED) is 0.645. The first-order chi connectivity index (χ1) is 12.3. The summed E-state index contributed by atoms with van der Waals surface area (Å²) in [5.41, 5.74) is 4.55. The summed E-state index contributed by atoms with van der Waals surface area (Å²) < 4.78 is 11.7. The van der Waals surface area contributed by atoms with Crippen LogP contribution >= 0.6 is 0 Å². The van der Waals surface area contributed by atoms with Crippen LogP contribution in [0.5, 0.6) is 11.5 Å². The largest absolute Gasteiger partial charge is 0.493 e. The fourth-order valence-corrected chi connectivity index (χ4v) is 2.70. The number of anilines is 1. The minimum absolute atomic E-state index is 0.519. The number of ether oxygens (including phenoxy) is 2. The Hall–Kier alpha value is -2.94. The molecule has 0 radical (unpaired) electrons. The number of methoxy groups -OCH3 is 1. The van der Waals surface area contributed by atoms with Gasteiger partial charge in [0.1, 0.15) is 6.61 Å². The third-order valence-electron chi connectivity index (χ3n) is 4.17. The van der Waals surface area contributed by atoms with Gasteiger partial charge in [0.05, 0.1) is 7.11 Å². The van der Waals surface area contributed by atoms with Gasteiger partial charge in [-0.3, -0.25) is 0 Å². The second kappa shape index (κ2) is 8.25. The molecule has 0 saturated carbocycles. The van der Waals surface area contributed by atoms with Crippen LogP contribution in [0.25, 0.3) is 0 Å². The number of aryl methyl sites for hydroxylation is 1. The monoisotopic (exact) mass is 333 g/mol. The smallest absolute Gasteiger partial charge is 0.166 e. The van der Waals surface area contributed by atoms with Crippen molar-refractivity contribution in [2.45, 2.75) is 20.1 Å². The van der Waals surface area contributed by atoms with Crippen molar-refractivity contribution in [1.82, 2.24) is 0 Å². The van der Waals surface area contributed by atoms with Gasteiger partial charge in [0.25, 0.3) is 0 Å². The lowest BCUT2D eigenvalue weighted by Crippen LogP contribution is -2.05. The Bertz CT molecular complexity index is 815. The van der Waals surface area contributed by atoms with Crippen LogP contribution in [0.4, 0.5) is 5.69 Å². The van der Waals surface area contributed by atoms with Crippen molar-refractivity contribution in [1.29, 1.82) is 0 Å². The maximum absolute atomic E-state index is 6.15. The fraction of sp³-hybridized carbons (Fsp3) is 0.182. The molecule has 0 amide bonds. The molecule has 0 atom stereocenters. The van der Waals surface area contributed by atoms with Gasteiger partial charge in [-0.1, -0.05) is 54.6 Å². The van der Waals surface area contributed by atoms with Gasteiger partial charge in [0.15, 0.2) is 11.5 Å². The Balaban J connectivity index is 1.78. The van der Waals surface area contributed by atoms with Gasteiger partial charge in [-0.25, -0.2) is 0 Å². The maximum atomic E-state index is 6.15. The average molecular weight is 333 g/mol. The van der Waals surface area contributed by atoms with E-state index in [-0.39, 0.29) is 0 Å². The normalized spacial score (nSPS) is 10.3. The Morgan fingerprint density at radius 1 is 0.800 bits per heavy atom. The van der Waals surface area contributed by atoms with E-state index in [1.807, 2.05) is 54.6 Å². The number of para-hydroxylation sites is 2. The standard InChI is InChI=1S/C22H23NO2/c1-17-9-6-7-10-19(17)16-25-22-18(11-8-14-21(22)24-2)15-23-20-12-4-3-5-13-20/h3-14,23H,15-16H2,1-2H3. The Kier molecular flexibility index (Phi) is 5.57. The zero-order chi connectivity index (χ0) is 17.5. The molecule has 0 aliphatic carbocycles. The van der Waals surface area contributed by atoms with Crippen molar-refractivity contribution in [3.05, 3.63) is 89.5 Å². The van der Waals surface area contributed by atoms with Gasteiger partial charge in [-0.05, 0) is 36.2 Å². The number of nitrogens with one attached hydrogen (secondary N) is 1. The Labute approximate surface area is 149 Å². The van der Waals surface area contributed by atoms with E-state index in [1.54, 1.807) is 7.11 Å². The lowest BCUT2D eigenvalue weighted by atomic mass is 10.1. The molecule has 3 aromatic rings. The maximum Gasteiger partial charge on any atom is 0.166 e. The molecule has 0 bridgehead atoms. The zero-order valence-corrected chi connectivity index (χ0v) is 14.7. The second-order valence-corrected chi connectivity index (χ2v) is 5.88. The number of benzene rings is 3. The summed E-state index contributed by atoms with van der Waals surface area (Å²) in [6, 6.07) is 24.4. The lowest BCUT2D eigenvalue weighted by Gasteiger charge is -2.16. The molecule has 1 N–H and O–H groups in total. The summed E-state index contributed by atoms with van der Waals surface area (Å²) in [7, 11) is 1.67. The predicted octanol–water partition coefficient (Wildman–Crippen LogP) is 5.19. The highest BCUT2D eigenvalue weighted by atomic mass is 16.5. The van der Waals surface area contributed by atoms with E-state index in [4.69, 9.17) is 9.47 Å². The van der Waals surface area contributed by atoms with Gasteiger partial charge in [-0.15, -0.1) is 0 Å². The minimum Gasteiger partial charge on any atom is -0.493 e. The van der Waals surface area contributed by atoms with Crippen molar-refractivity contribution in [3.8, 4) is 11.5 Å². The molecule has 0 aliphatic rings. The number of hydrogen-bond acceptors (Lipinski definition) is 3. The van der Waals surface area contributed by atoms with Crippen LogP contribution in [0.2, 0.25) is 0 Å². The Morgan fingerprint density at radius 2 is 1.52 bits per heavy atom. The second-order valence-electron chi connectivity index (χ2n) is 5.88. The van der Waals surface area contributed by atoms with Crippen molar-refractivity contribution in [2.24, 2.45) is 0 Å². The third-order valence-corrected chi connectivity index (χ3v) is 4.17. The van der Waals surface area contributed by atoms with Crippen LogP contribution in [0, 0.1) is 6.92 Å². The average Bonchev–Trinajstić information content (AvgIpc) is 2.66. The molecule has 3 nitrogen and oxygen atoms in total. The molecular formula is C22H23NO2. The van der Waals surface area contributed by atoms with Gasteiger partial charge < -0.3 is 14.8 Å². The number of rotatable bonds is 7. The van der Waals surface area contributed by atoms with Gasteiger partial charge in [0, 0.05) is 17.8 Å². The van der Waals surface area contributed by atoms with Gasteiger partial charge >= 0.3 is 0 Å². The molecule has 128 valence electrons.